The van der Waals surface area contributed by atoms with Crippen molar-refractivity contribution in [3.8, 4) is 0 Å². The van der Waals surface area contributed by atoms with Gasteiger partial charge < -0.3 is 26.4 Å². The number of carbonyl (C=O) groups is 4. The van der Waals surface area contributed by atoms with Crippen LogP contribution in [0.25, 0.3) is 0 Å². The van der Waals surface area contributed by atoms with Crippen LogP contribution in [0.15, 0.2) is 59.9 Å². The third-order valence-electron chi connectivity index (χ3n) is 6.02. The summed E-state index contributed by atoms with van der Waals surface area (Å²) in [6, 6.07) is 9.02. The van der Waals surface area contributed by atoms with Crippen molar-refractivity contribution < 1.29 is 24.3 Å². The van der Waals surface area contributed by atoms with Crippen LogP contribution in [0.4, 0.5) is 0 Å². The molecule has 2 saturated heterocycles. The van der Waals surface area contributed by atoms with Crippen molar-refractivity contribution in [2.75, 3.05) is 6.54 Å². The Morgan fingerprint density at radius 2 is 1.94 bits per heavy atom. The average Bonchev–Trinajstić information content (AvgIpc) is 3.13. The van der Waals surface area contributed by atoms with Gasteiger partial charge in [-0.25, -0.2) is 4.79 Å². The number of benzene rings is 1. The number of β-lactam (4-membered cyclic amide) rings is 1. The van der Waals surface area contributed by atoms with Gasteiger partial charge in [0, 0.05) is 22.7 Å². The van der Waals surface area contributed by atoms with Gasteiger partial charge in [-0.05, 0) is 31.5 Å². The monoisotopic (exact) mass is 510 g/mol. The number of aliphatic imine (C=N–C) groups is 1. The first-order valence-electron chi connectivity index (χ1n) is 11.2. The van der Waals surface area contributed by atoms with Crippen LogP contribution in [0, 0.1) is 0 Å². The third kappa shape index (κ3) is 4.89. The molecule has 1 aromatic carbocycles. The van der Waals surface area contributed by atoms with Crippen molar-refractivity contribution in [3.63, 3.8) is 0 Å². The summed E-state index contributed by atoms with van der Waals surface area (Å²) >= 11 is 1.32. The zero-order valence-electron chi connectivity index (χ0n) is 19.6. The number of carboxylic acids is 1. The van der Waals surface area contributed by atoms with E-state index in [-0.39, 0.29) is 12.4 Å². The van der Waals surface area contributed by atoms with E-state index in [0.717, 1.165) is 0 Å². The predicted molar refractivity (Wildman–Crippen MR) is 133 cm³/mol. The maximum absolute atomic E-state index is 13.3. The Hall–Kier alpha value is -3.93. The number of nitrogens with zero attached hydrogens (tertiary/aromatic N) is 3. The molecule has 11 nitrogen and oxygen atoms in total. The molecule has 0 bridgehead atoms. The summed E-state index contributed by atoms with van der Waals surface area (Å²) in [6.07, 6.45) is 3.11. The van der Waals surface area contributed by atoms with Gasteiger partial charge in [0.2, 0.25) is 17.7 Å². The summed E-state index contributed by atoms with van der Waals surface area (Å²) in [5, 5.41) is 14.4. The summed E-state index contributed by atoms with van der Waals surface area (Å²) in [4.78, 5) is 59.8. The first-order valence-corrected chi connectivity index (χ1v) is 12.1. The Labute approximate surface area is 211 Å². The molecule has 2 aliphatic rings. The number of amidine groups is 1. The van der Waals surface area contributed by atoms with Crippen LogP contribution in [-0.4, -0.2) is 73.3 Å². The summed E-state index contributed by atoms with van der Waals surface area (Å²) in [7, 11) is 0. The smallest absolute Gasteiger partial charge is 0.327 e. The Morgan fingerprint density at radius 1 is 1.22 bits per heavy atom. The number of fused-ring (bicyclic) bond motifs is 1. The summed E-state index contributed by atoms with van der Waals surface area (Å²) in [5.74, 6) is -2.56. The molecule has 2 aliphatic heterocycles. The number of aromatic nitrogens is 1. The molecule has 2 aromatic rings. The number of hydrogen-bond donors (Lipinski definition) is 4. The minimum absolute atomic E-state index is 0.132. The number of aliphatic carboxylic acids is 1. The maximum Gasteiger partial charge on any atom is 0.327 e. The van der Waals surface area contributed by atoms with Gasteiger partial charge in [-0.2, -0.15) is 0 Å². The van der Waals surface area contributed by atoms with Gasteiger partial charge in [0.15, 0.2) is 0 Å². The molecule has 3 amide bonds. The fourth-order valence-electron chi connectivity index (χ4n) is 4.30. The molecule has 0 aliphatic carbocycles. The molecule has 1 unspecified atom stereocenters. The number of nitrogens with two attached hydrogens (primary N) is 1. The number of pyridine rings is 1. The summed E-state index contributed by atoms with van der Waals surface area (Å²) in [5.41, 5.74) is 7.00. The molecule has 2 fully saturated rings. The van der Waals surface area contributed by atoms with Crippen LogP contribution in [0.1, 0.15) is 31.0 Å². The number of carboxylic acid groups (broad SMARTS) is 1. The van der Waals surface area contributed by atoms with Crippen LogP contribution in [-0.2, 0) is 19.2 Å². The van der Waals surface area contributed by atoms with Crippen molar-refractivity contribution in [1.82, 2.24) is 20.5 Å². The average molecular weight is 511 g/mol. The first kappa shape index (κ1) is 25.2. The fraction of sp³-hybridized carbons (Fsp3) is 0.333. The van der Waals surface area contributed by atoms with Gasteiger partial charge in [-0.15, -0.1) is 11.8 Å². The molecule has 12 heteroatoms. The Bertz CT molecular complexity index is 1210. The number of thioether (sulfide) groups is 1. The van der Waals surface area contributed by atoms with Crippen molar-refractivity contribution >= 4 is 41.3 Å². The van der Waals surface area contributed by atoms with Crippen molar-refractivity contribution in [1.29, 1.82) is 0 Å². The van der Waals surface area contributed by atoms with Gasteiger partial charge in [0.1, 0.15) is 35.9 Å². The van der Waals surface area contributed by atoms with E-state index in [1.165, 1.54) is 22.9 Å². The van der Waals surface area contributed by atoms with Gasteiger partial charge in [-0.1, -0.05) is 30.3 Å². The molecule has 0 radical (unpaired) electrons. The summed E-state index contributed by atoms with van der Waals surface area (Å²) < 4.78 is -0.717. The van der Waals surface area contributed by atoms with Crippen molar-refractivity contribution in [2.24, 2.45) is 10.7 Å². The Morgan fingerprint density at radius 3 is 2.58 bits per heavy atom. The van der Waals surface area contributed by atoms with Gasteiger partial charge in [0.05, 0.1) is 0 Å². The molecule has 1 aromatic heterocycles. The molecular formula is C24H26N6O5S. The third-order valence-corrected chi connectivity index (χ3v) is 7.59. The fourth-order valence-corrected chi connectivity index (χ4v) is 5.92. The van der Waals surface area contributed by atoms with E-state index in [0.29, 0.717) is 11.1 Å². The zero-order chi connectivity index (χ0) is 26.0. The van der Waals surface area contributed by atoms with E-state index < -0.39 is 51.9 Å². The van der Waals surface area contributed by atoms with Crippen molar-refractivity contribution in [3.05, 3.63) is 66.0 Å². The predicted octanol–water partition coefficient (Wildman–Crippen LogP) is 0.276. The van der Waals surface area contributed by atoms with Crippen molar-refractivity contribution in [2.45, 2.75) is 42.1 Å². The Balaban J connectivity index is 1.46. The SMILES string of the molecule is CC1(C)S[C@@H]2[C@H](NC(=O)C(NC(=O)CN=C(N)c3cccnc3)c3ccccc3)C(=O)N2[C@H]1C(=O)O. The van der Waals surface area contributed by atoms with Gasteiger partial charge in [-0.3, -0.25) is 24.4 Å². The molecule has 3 heterocycles. The number of hydrogen-bond acceptors (Lipinski definition) is 7. The molecule has 4 atom stereocenters. The number of nitrogens with one attached hydrogen (secondary N) is 2. The molecule has 0 spiro atoms. The minimum atomic E-state index is -1.09. The lowest BCUT2D eigenvalue weighted by Gasteiger charge is -2.44. The molecule has 188 valence electrons. The van der Waals surface area contributed by atoms with E-state index in [1.54, 1.807) is 62.5 Å². The quantitative estimate of drug-likeness (QED) is 0.223. The van der Waals surface area contributed by atoms with Gasteiger partial charge >= 0.3 is 5.97 Å². The number of amides is 3. The lowest BCUT2D eigenvalue weighted by molar-refractivity contribution is -0.161. The lowest BCUT2D eigenvalue weighted by atomic mass is 9.95. The second-order valence-electron chi connectivity index (χ2n) is 8.94. The van der Waals surface area contributed by atoms with E-state index in [2.05, 4.69) is 20.6 Å². The summed E-state index contributed by atoms with van der Waals surface area (Å²) in [6.45, 7) is 3.19. The highest BCUT2D eigenvalue weighted by Gasteiger charge is 2.64. The van der Waals surface area contributed by atoms with Crippen LogP contribution in [0.5, 0.6) is 0 Å². The zero-order valence-corrected chi connectivity index (χ0v) is 20.4. The minimum Gasteiger partial charge on any atom is -0.480 e. The molecule has 0 saturated carbocycles. The number of carbonyl (C=O) groups excluding carboxylic acids is 3. The van der Waals surface area contributed by atoms with E-state index in [1.807, 2.05) is 0 Å². The van der Waals surface area contributed by atoms with Gasteiger partial charge in [0.25, 0.3) is 0 Å². The first-order chi connectivity index (χ1) is 17.1. The lowest BCUT2D eigenvalue weighted by Crippen LogP contribution is -2.71. The van der Waals surface area contributed by atoms with Crippen LogP contribution in [0.2, 0.25) is 0 Å². The van der Waals surface area contributed by atoms with E-state index in [4.69, 9.17) is 5.73 Å². The normalized spacial score (nSPS) is 23.3. The van der Waals surface area contributed by atoms with E-state index >= 15 is 0 Å². The molecule has 5 N–H and O–H groups in total. The second-order valence-corrected chi connectivity index (χ2v) is 10.7. The molecular weight excluding hydrogens is 484 g/mol. The maximum atomic E-state index is 13.3. The largest absolute Gasteiger partial charge is 0.480 e. The number of rotatable bonds is 8. The topological polar surface area (TPSA) is 167 Å². The standard InChI is InChI=1S/C24H26N6O5S/c1-24(2)18(23(34)35)30-21(33)17(22(30)36-24)29-20(32)16(13-7-4-3-5-8-13)28-15(31)12-27-19(25)14-9-6-10-26-11-14/h3-11,16-18,22H,12H2,1-2H3,(H2,25,27)(H,28,31)(H,29,32)(H,34,35)/t16?,17-,18+,22-/m1/s1. The molecule has 36 heavy (non-hydrogen) atoms. The van der Waals surface area contributed by atoms with E-state index in [9.17, 15) is 24.3 Å². The van der Waals surface area contributed by atoms with Crippen LogP contribution >= 0.6 is 11.8 Å². The highest BCUT2D eigenvalue weighted by Crippen LogP contribution is 2.50. The Kier molecular flexibility index (Phi) is 6.97. The highest BCUT2D eigenvalue weighted by atomic mass is 32.2. The molecule has 4 rings (SSSR count). The van der Waals surface area contributed by atoms with Crippen LogP contribution in [0.3, 0.4) is 0 Å². The van der Waals surface area contributed by atoms with Crippen LogP contribution < -0.4 is 16.4 Å². The highest BCUT2D eigenvalue weighted by molar-refractivity contribution is 8.01. The second kappa shape index (κ2) is 9.97.